The van der Waals surface area contributed by atoms with Crippen LogP contribution < -0.4 is 5.32 Å². The van der Waals surface area contributed by atoms with Gasteiger partial charge in [0.25, 0.3) is 0 Å². The number of thioether (sulfide) groups is 1. The first-order chi connectivity index (χ1) is 8.49. The summed E-state index contributed by atoms with van der Waals surface area (Å²) in [5, 5.41) is 22.6. The Labute approximate surface area is 113 Å². The van der Waals surface area contributed by atoms with Gasteiger partial charge in [0.15, 0.2) is 0 Å². The Bertz CT molecular complexity index is 272. The number of carboxylic acid groups (broad SMARTS) is 1. The van der Waals surface area contributed by atoms with Gasteiger partial charge in [0, 0.05) is 36.6 Å². The molecule has 4 atom stereocenters. The van der Waals surface area contributed by atoms with Crippen molar-refractivity contribution in [2.75, 3.05) is 31.6 Å². The standard InChI is InChI=1S/C12H24N2O3S/c1-8(11(15)9(2)13-3)10(12(16)17)14-4-6-18-7-5-14/h8-11,13,15H,4-7H2,1-3H3,(H,16,17)/t8-,9+,10?,11-/m1/s1. The van der Waals surface area contributed by atoms with Gasteiger partial charge in [-0.3, -0.25) is 9.69 Å². The van der Waals surface area contributed by atoms with E-state index < -0.39 is 18.1 Å². The molecule has 1 aliphatic rings. The number of aliphatic hydroxyl groups is 1. The third-order valence-corrected chi connectivity index (χ3v) is 4.64. The second-order valence-electron chi connectivity index (χ2n) is 4.86. The molecule has 106 valence electrons. The SMILES string of the molecule is CN[C@@H](C)[C@H](O)[C@H](C)C(C(=O)O)N1CCSCC1. The highest BCUT2D eigenvalue weighted by Crippen LogP contribution is 2.21. The summed E-state index contributed by atoms with van der Waals surface area (Å²) < 4.78 is 0. The predicted molar refractivity (Wildman–Crippen MR) is 74.0 cm³/mol. The Morgan fingerprint density at radius 2 is 1.89 bits per heavy atom. The van der Waals surface area contributed by atoms with Gasteiger partial charge < -0.3 is 15.5 Å². The van der Waals surface area contributed by atoms with E-state index in [1.54, 1.807) is 7.05 Å². The van der Waals surface area contributed by atoms with E-state index in [0.717, 1.165) is 24.6 Å². The lowest BCUT2D eigenvalue weighted by Gasteiger charge is -2.38. The normalized spacial score (nSPS) is 24.2. The quantitative estimate of drug-likeness (QED) is 0.639. The van der Waals surface area contributed by atoms with Crippen molar-refractivity contribution in [3.63, 3.8) is 0 Å². The molecule has 1 aliphatic heterocycles. The average Bonchev–Trinajstić information content (AvgIpc) is 2.37. The summed E-state index contributed by atoms with van der Waals surface area (Å²) in [7, 11) is 1.77. The molecule has 0 saturated carbocycles. The topological polar surface area (TPSA) is 72.8 Å². The third kappa shape index (κ3) is 3.85. The van der Waals surface area contributed by atoms with Crippen LogP contribution in [0, 0.1) is 5.92 Å². The van der Waals surface area contributed by atoms with Crippen LogP contribution in [0.1, 0.15) is 13.8 Å². The molecule has 0 radical (unpaired) electrons. The number of nitrogens with zero attached hydrogens (tertiary/aromatic N) is 1. The molecule has 0 aromatic rings. The highest BCUT2D eigenvalue weighted by atomic mass is 32.2. The van der Waals surface area contributed by atoms with Crippen LogP contribution in [0.4, 0.5) is 0 Å². The number of aliphatic carboxylic acids is 1. The number of carbonyl (C=O) groups is 1. The smallest absolute Gasteiger partial charge is 0.321 e. The maximum absolute atomic E-state index is 11.5. The lowest BCUT2D eigenvalue weighted by Crippen LogP contribution is -2.54. The second kappa shape index (κ2) is 7.33. The van der Waals surface area contributed by atoms with Gasteiger partial charge in [-0.2, -0.15) is 11.8 Å². The van der Waals surface area contributed by atoms with Crippen LogP contribution >= 0.6 is 11.8 Å². The van der Waals surface area contributed by atoms with E-state index in [1.165, 1.54) is 0 Å². The van der Waals surface area contributed by atoms with E-state index in [-0.39, 0.29) is 12.0 Å². The van der Waals surface area contributed by atoms with E-state index in [1.807, 2.05) is 30.5 Å². The van der Waals surface area contributed by atoms with E-state index in [4.69, 9.17) is 0 Å². The highest BCUT2D eigenvalue weighted by Gasteiger charge is 2.37. The molecule has 0 aliphatic carbocycles. The van der Waals surface area contributed by atoms with Crippen LogP contribution in [0.3, 0.4) is 0 Å². The first kappa shape index (κ1) is 15.8. The van der Waals surface area contributed by atoms with Gasteiger partial charge in [0.2, 0.25) is 0 Å². The van der Waals surface area contributed by atoms with Gasteiger partial charge in [0.1, 0.15) is 6.04 Å². The first-order valence-electron chi connectivity index (χ1n) is 6.39. The number of likely N-dealkylation sites (N-methyl/N-ethyl adjacent to an activating group) is 1. The molecule has 0 bridgehead atoms. The highest BCUT2D eigenvalue weighted by molar-refractivity contribution is 7.99. The second-order valence-corrected chi connectivity index (χ2v) is 6.08. The van der Waals surface area contributed by atoms with Crippen LogP contribution in [-0.2, 0) is 4.79 Å². The molecule has 6 heteroatoms. The van der Waals surface area contributed by atoms with Crippen molar-refractivity contribution in [2.45, 2.75) is 32.0 Å². The zero-order valence-electron chi connectivity index (χ0n) is 11.3. The number of hydrogen-bond acceptors (Lipinski definition) is 5. The van der Waals surface area contributed by atoms with E-state index in [2.05, 4.69) is 5.32 Å². The van der Waals surface area contributed by atoms with Crippen molar-refractivity contribution in [1.82, 2.24) is 10.2 Å². The largest absolute Gasteiger partial charge is 0.480 e. The van der Waals surface area contributed by atoms with Crippen LogP contribution in [-0.4, -0.2) is 70.9 Å². The lowest BCUT2D eigenvalue weighted by molar-refractivity contribution is -0.147. The lowest BCUT2D eigenvalue weighted by atomic mass is 9.90. The molecule has 0 aromatic carbocycles. The summed E-state index contributed by atoms with van der Waals surface area (Å²) in [4.78, 5) is 13.5. The molecule has 0 spiro atoms. The number of nitrogens with one attached hydrogen (secondary N) is 1. The zero-order chi connectivity index (χ0) is 13.7. The summed E-state index contributed by atoms with van der Waals surface area (Å²) in [6.45, 7) is 5.25. The summed E-state index contributed by atoms with van der Waals surface area (Å²) in [6, 6.07) is -0.710. The van der Waals surface area contributed by atoms with Crippen LogP contribution in [0.25, 0.3) is 0 Å². The van der Waals surface area contributed by atoms with Crippen molar-refractivity contribution in [3.8, 4) is 0 Å². The molecule has 1 rings (SSSR count). The fourth-order valence-electron chi connectivity index (χ4n) is 2.38. The zero-order valence-corrected chi connectivity index (χ0v) is 12.1. The van der Waals surface area contributed by atoms with Crippen LogP contribution in [0.15, 0.2) is 0 Å². The molecule has 0 aromatic heterocycles. The maximum atomic E-state index is 11.5. The molecular weight excluding hydrogens is 252 g/mol. The molecule has 5 nitrogen and oxygen atoms in total. The van der Waals surface area contributed by atoms with E-state index in [9.17, 15) is 15.0 Å². The molecular formula is C12H24N2O3S. The summed E-state index contributed by atoms with van der Waals surface area (Å²) in [5.41, 5.74) is 0. The molecule has 1 heterocycles. The molecule has 1 unspecified atom stereocenters. The predicted octanol–water partition coefficient (Wildman–Crippen LogP) is 0.0933. The first-order valence-corrected chi connectivity index (χ1v) is 7.54. The van der Waals surface area contributed by atoms with Crippen molar-refractivity contribution >= 4 is 17.7 Å². The Balaban J connectivity index is 2.73. The van der Waals surface area contributed by atoms with Gasteiger partial charge in [-0.1, -0.05) is 6.92 Å². The van der Waals surface area contributed by atoms with Gasteiger partial charge >= 0.3 is 5.97 Å². The van der Waals surface area contributed by atoms with Crippen molar-refractivity contribution in [2.24, 2.45) is 5.92 Å². The summed E-state index contributed by atoms with van der Waals surface area (Å²) >= 11 is 1.85. The number of rotatable bonds is 6. The minimum absolute atomic E-state index is 0.110. The Morgan fingerprint density at radius 3 is 2.33 bits per heavy atom. The van der Waals surface area contributed by atoms with Gasteiger partial charge in [0.05, 0.1) is 6.10 Å². The van der Waals surface area contributed by atoms with Gasteiger partial charge in [-0.25, -0.2) is 0 Å². The minimum Gasteiger partial charge on any atom is -0.480 e. The molecule has 3 N–H and O–H groups in total. The van der Waals surface area contributed by atoms with Crippen LogP contribution in [0.2, 0.25) is 0 Å². The van der Waals surface area contributed by atoms with E-state index >= 15 is 0 Å². The fourth-order valence-corrected chi connectivity index (χ4v) is 3.31. The van der Waals surface area contributed by atoms with Gasteiger partial charge in [-0.05, 0) is 14.0 Å². The number of aliphatic hydroxyl groups excluding tert-OH is 1. The van der Waals surface area contributed by atoms with E-state index in [0.29, 0.717) is 0 Å². The molecule has 18 heavy (non-hydrogen) atoms. The summed E-state index contributed by atoms with van der Waals surface area (Å²) in [6.07, 6.45) is -0.661. The molecule has 1 saturated heterocycles. The Hall–Kier alpha value is -0.300. The van der Waals surface area contributed by atoms with Crippen molar-refractivity contribution in [1.29, 1.82) is 0 Å². The van der Waals surface area contributed by atoms with Crippen molar-refractivity contribution < 1.29 is 15.0 Å². The average molecular weight is 276 g/mol. The number of hydrogen-bond donors (Lipinski definition) is 3. The minimum atomic E-state index is -0.836. The molecule has 0 amide bonds. The van der Waals surface area contributed by atoms with Gasteiger partial charge in [-0.15, -0.1) is 0 Å². The Kier molecular flexibility index (Phi) is 6.42. The van der Waals surface area contributed by atoms with Crippen molar-refractivity contribution in [3.05, 3.63) is 0 Å². The fraction of sp³-hybridized carbons (Fsp3) is 0.917. The summed E-state index contributed by atoms with van der Waals surface area (Å²) in [5.74, 6) is 0.798. The molecule has 1 fully saturated rings. The monoisotopic (exact) mass is 276 g/mol. The Morgan fingerprint density at radius 1 is 1.33 bits per heavy atom. The number of carboxylic acids is 1. The maximum Gasteiger partial charge on any atom is 0.321 e. The third-order valence-electron chi connectivity index (χ3n) is 3.70. The van der Waals surface area contributed by atoms with Crippen LogP contribution in [0.5, 0.6) is 0 Å².